The van der Waals surface area contributed by atoms with Crippen molar-refractivity contribution in [1.29, 1.82) is 0 Å². The number of nitro groups is 1. The molecule has 1 amide bonds. The van der Waals surface area contributed by atoms with Crippen molar-refractivity contribution in [1.82, 2.24) is 14.2 Å². The van der Waals surface area contributed by atoms with Crippen molar-refractivity contribution < 1.29 is 9.72 Å². The molecule has 2 aromatic heterocycles. The number of non-ortho nitro benzene ring substituents is 1. The summed E-state index contributed by atoms with van der Waals surface area (Å²) in [5, 5.41) is 15.1. The molecule has 0 aliphatic heterocycles. The molecule has 9 heteroatoms. The van der Waals surface area contributed by atoms with Crippen LogP contribution in [0.25, 0.3) is 5.65 Å². The monoisotopic (exact) mass is 417 g/mol. The molecule has 0 unspecified atom stereocenters. The third-order valence-electron chi connectivity index (χ3n) is 4.88. The molecular formula is C22H19N5O4. The SMILES string of the molecule is O=C(CCn1nc2ccccn2c1=O)N(Cc1ccc([N+](=O)[O-])cc1)c1ccccc1. The molecule has 2 heterocycles. The van der Waals surface area contributed by atoms with Gasteiger partial charge in [-0.05, 0) is 29.8 Å². The van der Waals surface area contributed by atoms with E-state index in [1.165, 1.54) is 21.2 Å². The average molecular weight is 417 g/mol. The second-order valence-electron chi connectivity index (χ2n) is 6.92. The van der Waals surface area contributed by atoms with Crippen molar-refractivity contribution in [2.75, 3.05) is 4.90 Å². The van der Waals surface area contributed by atoms with E-state index in [9.17, 15) is 19.7 Å². The van der Waals surface area contributed by atoms with Gasteiger partial charge in [-0.3, -0.25) is 19.3 Å². The van der Waals surface area contributed by atoms with Gasteiger partial charge < -0.3 is 4.90 Å². The van der Waals surface area contributed by atoms with Crippen LogP contribution in [0, 0.1) is 10.1 Å². The first kappa shape index (κ1) is 20.0. The average Bonchev–Trinajstić information content (AvgIpc) is 3.12. The summed E-state index contributed by atoms with van der Waals surface area (Å²) in [7, 11) is 0. The number of para-hydroxylation sites is 1. The Morgan fingerprint density at radius 3 is 2.39 bits per heavy atom. The number of aromatic nitrogens is 3. The summed E-state index contributed by atoms with van der Waals surface area (Å²) in [6.45, 7) is 0.393. The molecule has 0 N–H and O–H groups in total. The van der Waals surface area contributed by atoms with Crippen LogP contribution in [0.1, 0.15) is 12.0 Å². The number of hydrogen-bond acceptors (Lipinski definition) is 5. The predicted molar refractivity (Wildman–Crippen MR) is 115 cm³/mol. The zero-order chi connectivity index (χ0) is 21.8. The summed E-state index contributed by atoms with van der Waals surface area (Å²) >= 11 is 0. The Morgan fingerprint density at radius 2 is 1.71 bits per heavy atom. The molecule has 0 aliphatic rings. The Kier molecular flexibility index (Phi) is 5.57. The van der Waals surface area contributed by atoms with E-state index in [1.807, 2.05) is 30.3 Å². The highest BCUT2D eigenvalue weighted by molar-refractivity contribution is 5.93. The lowest BCUT2D eigenvalue weighted by Gasteiger charge is -2.23. The third-order valence-corrected chi connectivity index (χ3v) is 4.88. The van der Waals surface area contributed by atoms with Crippen molar-refractivity contribution in [3.05, 3.63) is 105 Å². The number of carbonyl (C=O) groups excluding carboxylic acids is 1. The molecule has 4 rings (SSSR count). The van der Waals surface area contributed by atoms with E-state index >= 15 is 0 Å². The van der Waals surface area contributed by atoms with Gasteiger partial charge in [0.1, 0.15) is 0 Å². The second-order valence-corrected chi connectivity index (χ2v) is 6.92. The second kappa shape index (κ2) is 8.62. The number of pyridine rings is 1. The third kappa shape index (κ3) is 4.35. The lowest BCUT2D eigenvalue weighted by Crippen LogP contribution is -2.32. The largest absolute Gasteiger partial charge is 0.350 e. The number of nitro benzene ring substituents is 1. The molecule has 0 bridgehead atoms. The number of hydrogen-bond donors (Lipinski definition) is 0. The van der Waals surface area contributed by atoms with Crippen LogP contribution in [0.4, 0.5) is 11.4 Å². The Labute approximate surface area is 176 Å². The first-order chi connectivity index (χ1) is 15.0. The molecule has 31 heavy (non-hydrogen) atoms. The molecule has 0 saturated heterocycles. The summed E-state index contributed by atoms with van der Waals surface area (Å²) < 4.78 is 2.71. The fourth-order valence-electron chi connectivity index (χ4n) is 3.29. The Balaban J connectivity index is 1.54. The molecule has 0 aliphatic carbocycles. The molecule has 2 aromatic carbocycles. The van der Waals surface area contributed by atoms with E-state index in [-0.39, 0.29) is 36.8 Å². The highest BCUT2D eigenvalue weighted by Gasteiger charge is 2.18. The normalized spacial score (nSPS) is 10.8. The highest BCUT2D eigenvalue weighted by Crippen LogP contribution is 2.20. The quantitative estimate of drug-likeness (QED) is 0.340. The smallest absolute Gasteiger partial charge is 0.308 e. The topological polar surface area (TPSA) is 103 Å². The number of nitrogens with zero attached hydrogens (tertiary/aromatic N) is 5. The Hall–Kier alpha value is -4.27. The van der Waals surface area contributed by atoms with E-state index in [0.29, 0.717) is 11.3 Å². The molecule has 9 nitrogen and oxygen atoms in total. The standard InChI is InChI=1S/C22H19N5O4/c28-21(13-15-26-22(29)24-14-5-4-8-20(24)23-26)25(18-6-2-1-3-7-18)16-17-9-11-19(12-10-17)27(30)31/h1-12,14H,13,15-16H2. The van der Waals surface area contributed by atoms with Gasteiger partial charge in [0.2, 0.25) is 5.91 Å². The Bertz CT molecular complexity index is 1280. The van der Waals surface area contributed by atoms with Crippen LogP contribution in [0.5, 0.6) is 0 Å². The molecule has 4 aromatic rings. The van der Waals surface area contributed by atoms with Gasteiger partial charge in [0.05, 0.1) is 18.0 Å². The molecule has 0 fully saturated rings. The molecule has 156 valence electrons. The van der Waals surface area contributed by atoms with Crippen LogP contribution in [0.15, 0.2) is 83.8 Å². The van der Waals surface area contributed by atoms with Gasteiger partial charge in [-0.2, -0.15) is 0 Å². The van der Waals surface area contributed by atoms with Crippen molar-refractivity contribution in [2.24, 2.45) is 0 Å². The van der Waals surface area contributed by atoms with Crippen LogP contribution in [0.2, 0.25) is 0 Å². The van der Waals surface area contributed by atoms with Crippen molar-refractivity contribution >= 4 is 22.9 Å². The van der Waals surface area contributed by atoms with Gasteiger partial charge >= 0.3 is 5.69 Å². The van der Waals surface area contributed by atoms with Gasteiger partial charge in [0.25, 0.3) is 5.69 Å². The van der Waals surface area contributed by atoms with Crippen LogP contribution in [0.3, 0.4) is 0 Å². The van der Waals surface area contributed by atoms with E-state index in [1.54, 1.807) is 41.4 Å². The first-order valence-electron chi connectivity index (χ1n) is 9.66. The number of benzene rings is 2. The summed E-state index contributed by atoms with van der Waals surface area (Å²) in [5.41, 5.74) is 1.67. The van der Waals surface area contributed by atoms with Crippen LogP contribution >= 0.6 is 0 Å². The maximum atomic E-state index is 13.1. The van der Waals surface area contributed by atoms with Gasteiger partial charge in [-0.1, -0.05) is 36.4 Å². The van der Waals surface area contributed by atoms with Gasteiger partial charge in [0, 0.05) is 30.4 Å². The predicted octanol–water partition coefficient (Wildman–Crippen LogP) is 3.03. The summed E-state index contributed by atoms with van der Waals surface area (Å²) in [6.07, 6.45) is 1.71. The first-order valence-corrected chi connectivity index (χ1v) is 9.66. The fourth-order valence-corrected chi connectivity index (χ4v) is 3.29. The van der Waals surface area contributed by atoms with Crippen molar-refractivity contribution in [2.45, 2.75) is 19.5 Å². The van der Waals surface area contributed by atoms with Gasteiger partial charge in [-0.25, -0.2) is 9.48 Å². The zero-order valence-electron chi connectivity index (χ0n) is 16.5. The molecule has 0 saturated carbocycles. The summed E-state index contributed by atoms with van der Waals surface area (Å²) in [5.74, 6) is -0.187. The van der Waals surface area contributed by atoms with E-state index < -0.39 is 4.92 Å². The minimum atomic E-state index is -0.462. The molecule has 0 atom stereocenters. The van der Waals surface area contributed by atoms with E-state index in [4.69, 9.17) is 0 Å². The van der Waals surface area contributed by atoms with Crippen molar-refractivity contribution in [3.8, 4) is 0 Å². The maximum absolute atomic E-state index is 13.1. The number of aryl methyl sites for hydroxylation is 1. The number of rotatable bonds is 7. The summed E-state index contributed by atoms with van der Waals surface area (Å²) in [6, 6.07) is 20.5. The van der Waals surface area contributed by atoms with Gasteiger partial charge in [0.15, 0.2) is 5.65 Å². The Morgan fingerprint density at radius 1 is 1.00 bits per heavy atom. The van der Waals surface area contributed by atoms with Gasteiger partial charge in [-0.15, -0.1) is 5.10 Å². The molecule has 0 radical (unpaired) electrons. The van der Waals surface area contributed by atoms with Crippen LogP contribution < -0.4 is 10.6 Å². The van der Waals surface area contributed by atoms with Crippen LogP contribution in [-0.2, 0) is 17.9 Å². The number of carbonyl (C=O) groups is 1. The lowest BCUT2D eigenvalue weighted by molar-refractivity contribution is -0.384. The minimum Gasteiger partial charge on any atom is -0.308 e. The number of anilines is 1. The number of fused-ring (bicyclic) bond motifs is 1. The maximum Gasteiger partial charge on any atom is 0.350 e. The molecular weight excluding hydrogens is 398 g/mol. The fraction of sp³-hybridized carbons (Fsp3) is 0.136. The van der Waals surface area contributed by atoms with Crippen LogP contribution in [-0.4, -0.2) is 25.0 Å². The number of amides is 1. The lowest BCUT2D eigenvalue weighted by atomic mass is 10.1. The van der Waals surface area contributed by atoms with Crippen molar-refractivity contribution in [3.63, 3.8) is 0 Å². The highest BCUT2D eigenvalue weighted by atomic mass is 16.6. The summed E-state index contributed by atoms with van der Waals surface area (Å²) in [4.78, 5) is 37.6. The van der Waals surface area contributed by atoms with E-state index in [2.05, 4.69) is 5.10 Å². The van der Waals surface area contributed by atoms with E-state index in [0.717, 1.165) is 5.56 Å². The molecule has 0 spiro atoms. The zero-order valence-corrected chi connectivity index (χ0v) is 16.5. The minimum absolute atomic E-state index is 0.00689.